The van der Waals surface area contributed by atoms with Crippen molar-refractivity contribution in [3.63, 3.8) is 0 Å². The lowest BCUT2D eigenvalue weighted by Gasteiger charge is -2.17. The molecule has 2 atom stereocenters. The van der Waals surface area contributed by atoms with E-state index in [1.54, 1.807) is 0 Å². The van der Waals surface area contributed by atoms with E-state index < -0.39 is 0 Å². The molecule has 0 unspecified atom stereocenters. The zero-order valence-electron chi connectivity index (χ0n) is 9.39. The van der Waals surface area contributed by atoms with E-state index in [1.807, 2.05) is 24.3 Å². The van der Waals surface area contributed by atoms with Gasteiger partial charge in [0.05, 0.1) is 12.1 Å². The SMILES string of the molecule is [N-]=[N+]=N[C@@H]1CN(c2ccc(I)cc2)C[C@H]1N=[N+]=[N-]. The Labute approximate surface area is 117 Å². The number of hydrogen-bond acceptors (Lipinski definition) is 3. The minimum atomic E-state index is -0.301. The molecule has 1 aromatic rings. The van der Waals surface area contributed by atoms with Crippen LogP contribution in [-0.2, 0) is 0 Å². The number of rotatable bonds is 3. The van der Waals surface area contributed by atoms with E-state index in [1.165, 1.54) is 0 Å². The maximum absolute atomic E-state index is 8.51. The topological polar surface area (TPSA) is 101 Å². The van der Waals surface area contributed by atoms with Gasteiger partial charge in [-0.05, 0) is 57.9 Å². The molecule has 0 spiro atoms. The summed E-state index contributed by atoms with van der Waals surface area (Å²) < 4.78 is 1.16. The highest BCUT2D eigenvalue weighted by Crippen LogP contribution is 2.24. The van der Waals surface area contributed by atoms with E-state index in [4.69, 9.17) is 11.1 Å². The molecule has 2 rings (SSSR count). The van der Waals surface area contributed by atoms with Gasteiger partial charge in [-0.2, -0.15) is 0 Å². The largest absolute Gasteiger partial charge is 0.371 e. The van der Waals surface area contributed by atoms with Gasteiger partial charge in [-0.1, -0.05) is 10.2 Å². The Hall–Kier alpha value is -1.63. The summed E-state index contributed by atoms with van der Waals surface area (Å²) in [7, 11) is 0. The molecule has 8 heteroatoms. The van der Waals surface area contributed by atoms with Gasteiger partial charge in [0.2, 0.25) is 0 Å². The van der Waals surface area contributed by atoms with Crippen LogP contribution in [0.2, 0.25) is 0 Å². The zero-order chi connectivity index (χ0) is 13.0. The summed E-state index contributed by atoms with van der Waals surface area (Å²) in [4.78, 5) is 7.68. The van der Waals surface area contributed by atoms with Gasteiger partial charge in [-0.25, -0.2) is 0 Å². The Morgan fingerprint density at radius 2 is 1.56 bits per heavy atom. The summed E-state index contributed by atoms with van der Waals surface area (Å²) >= 11 is 2.24. The average molecular weight is 355 g/mol. The van der Waals surface area contributed by atoms with Crippen molar-refractivity contribution < 1.29 is 0 Å². The summed E-state index contributed by atoms with van der Waals surface area (Å²) in [5.41, 5.74) is 18.1. The van der Waals surface area contributed by atoms with E-state index in [0.29, 0.717) is 13.1 Å². The van der Waals surface area contributed by atoms with Crippen molar-refractivity contribution in [1.82, 2.24) is 0 Å². The normalized spacial score (nSPS) is 22.2. The molecule has 1 saturated heterocycles. The maximum atomic E-state index is 8.51. The second-order valence-electron chi connectivity index (χ2n) is 3.93. The van der Waals surface area contributed by atoms with Gasteiger partial charge in [0, 0.05) is 32.2 Å². The van der Waals surface area contributed by atoms with E-state index >= 15 is 0 Å². The Kier molecular flexibility index (Phi) is 4.14. The molecule has 1 heterocycles. The third-order valence-corrected chi connectivity index (χ3v) is 3.57. The Morgan fingerprint density at radius 3 is 2.00 bits per heavy atom. The Balaban J connectivity index is 2.19. The molecule has 0 saturated carbocycles. The third kappa shape index (κ3) is 2.79. The van der Waals surface area contributed by atoms with Crippen molar-refractivity contribution in [1.29, 1.82) is 0 Å². The number of halogens is 1. The number of benzene rings is 1. The van der Waals surface area contributed by atoms with Gasteiger partial charge in [0.25, 0.3) is 0 Å². The Bertz CT molecular complexity index is 490. The van der Waals surface area contributed by atoms with Crippen molar-refractivity contribution in [3.8, 4) is 0 Å². The molecule has 0 aliphatic carbocycles. The predicted octanol–water partition coefficient (Wildman–Crippen LogP) is 3.47. The monoisotopic (exact) mass is 355 g/mol. The fraction of sp³-hybridized carbons (Fsp3) is 0.400. The molecular weight excluding hydrogens is 345 g/mol. The van der Waals surface area contributed by atoms with Gasteiger partial charge in [0.1, 0.15) is 0 Å². The summed E-state index contributed by atoms with van der Waals surface area (Å²) in [5.74, 6) is 0. The lowest BCUT2D eigenvalue weighted by molar-refractivity contribution is 0.634. The molecule has 92 valence electrons. The Morgan fingerprint density at radius 1 is 1.06 bits per heavy atom. The predicted molar refractivity (Wildman–Crippen MR) is 77.2 cm³/mol. The van der Waals surface area contributed by atoms with Crippen LogP contribution in [0.3, 0.4) is 0 Å². The number of azide groups is 2. The summed E-state index contributed by atoms with van der Waals surface area (Å²) in [5, 5.41) is 7.38. The van der Waals surface area contributed by atoms with Gasteiger partial charge in [0.15, 0.2) is 0 Å². The van der Waals surface area contributed by atoms with Crippen LogP contribution in [0.1, 0.15) is 0 Å². The van der Waals surface area contributed by atoms with E-state index in [-0.39, 0.29) is 12.1 Å². The molecule has 1 aliphatic heterocycles. The van der Waals surface area contributed by atoms with Crippen molar-refractivity contribution in [3.05, 3.63) is 48.7 Å². The van der Waals surface area contributed by atoms with Crippen LogP contribution in [-0.4, -0.2) is 25.2 Å². The van der Waals surface area contributed by atoms with E-state index in [0.717, 1.165) is 9.26 Å². The van der Waals surface area contributed by atoms with Gasteiger partial charge < -0.3 is 4.90 Å². The highest BCUT2D eigenvalue weighted by Gasteiger charge is 2.31. The van der Waals surface area contributed by atoms with Crippen molar-refractivity contribution in [2.45, 2.75) is 12.1 Å². The minimum absolute atomic E-state index is 0.301. The molecule has 0 N–H and O–H groups in total. The fourth-order valence-electron chi connectivity index (χ4n) is 1.99. The van der Waals surface area contributed by atoms with Crippen molar-refractivity contribution in [2.24, 2.45) is 10.2 Å². The fourth-order valence-corrected chi connectivity index (χ4v) is 2.35. The first-order valence-corrected chi connectivity index (χ1v) is 6.41. The summed E-state index contributed by atoms with van der Waals surface area (Å²) in [6, 6.07) is 7.44. The summed E-state index contributed by atoms with van der Waals surface area (Å²) in [6.45, 7) is 1.16. The first-order chi connectivity index (χ1) is 8.74. The second-order valence-corrected chi connectivity index (χ2v) is 5.17. The summed E-state index contributed by atoms with van der Waals surface area (Å²) in [6.07, 6.45) is 0. The first-order valence-electron chi connectivity index (χ1n) is 5.33. The minimum Gasteiger partial charge on any atom is -0.371 e. The molecule has 1 aromatic carbocycles. The molecule has 7 nitrogen and oxygen atoms in total. The molecule has 1 fully saturated rings. The third-order valence-electron chi connectivity index (χ3n) is 2.85. The molecule has 0 bridgehead atoms. The second kappa shape index (κ2) is 5.81. The van der Waals surface area contributed by atoms with Crippen LogP contribution in [0.25, 0.3) is 20.9 Å². The smallest absolute Gasteiger partial charge is 0.0650 e. The van der Waals surface area contributed by atoms with Crippen LogP contribution < -0.4 is 4.90 Å². The van der Waals surface area contributed by atoms with Crippen LogP contribution in [0, 0.1) is 3.57 Å². The lowest BCUT2D eigenvalue weighted by atomic mass is 10.2. The molecule has 0 amide bonds. The van der Waals surface area contributed by atoms with Crippen molar-refractivity contribution >= 4 is 28.3 Å². The van der Waals surface area contributed by atoms with E-state index in [9.17, 15) is 0 Å². The first kappa shape index (κ1) is 12.8. The average Bonchev–Trinajstić information content (AvgIpc) is 2.75. The van der Waals surface area contributed by atoms with Crippen molar-refractivity contribution in [2.75, 3.05) is 18.0 Å². The van der Waals surface area contributed by atoms with Crippen LogP contribution >= 0.6 is 22.6 Å². The standard InChI is InChI=1S/C10H10IN7/c11-7-1-3-8(4-2-7)18-5-9(14-16-12)10(6-18)15-17-13/h1-4,9-10H,5-6H2/t9-,10-/m1/s1. The molecular formula is C10H10IN7. The molecule has 0 aromatic heterocycles. The quantitative estimate of drug-likeness (QED) is 0.352. The number of nitrogens with zero attached hydrogens (tertiary/aromatic N) is 7. The number of anilines is 1. The zero-order valence-corrected chi connectivity index (χ0v) is 11.5. The lowest BCUT2D eigenvalue weighted by Crippen LogP contribution is -2.20. The van der Waals surface area contributed by atoms with Crippen LogP contribution in [0.4, 0.5) is 5.69 Å². The number of hydrogen-bond donors (Lipinski definition) is 0. The van der Waals surface area contributed by atoms with E-state index in [2.05, 4.69) is 47.5 Å². The molecule has 1 aliphatic rings. The molecule has 18 heavy (non-hydrogen) atoms. The van der Waals surface area contributed by atoms with Gasteiger partial charge in [-0.15, -0.1) is 0 Å². The van der Waals surface area contributed by atoms with Crippen LogP contribution in [0.5, 0.6) is 0 Å². The maximum Gasteiger partial charge on any atom is 0.0650 e. The highest BCUT2D eigenvalue weighted by molar-refractivity contribution is 14.1. The van der Waals surface area contributed by atoms with Gasteiger partial charge in [-0.3, -0.25) is 0 Å². The molecule has 0 radical (unpaired) electrons. The highest BCUT2D eigenvalue weighted by atomic mass is 127. The van der Waals surface area contributed by atoms with Gasteiger partial charge >= 0.3 is 0 Å². The van der Waals surface area contributed by atoms with Crippen LogP contribution in [0.15, 0.2) is 34.5 Å².